The minimum atomic E-state index is -0.653. The van der Waals surface area contributed by atoms with Crippen molar-refractivity contribution in [3.8, 4) is 0 Å². The van der Waals surface area contributed by atoms with Gasteiger partial charge in [-0.3, -0.25) is 0 Å². The van der Waals surface area contributed by atoms with E-state index in [2.05, 4.69) is 4.90 Å². The predicted octanol–water partition coefficient (Wildman–Crippen LogP) is 1.25. The molecule has 1 saturated heterocycles. The maximum absolute atomic E-state index is 13.0. The van der Waals surface area contributed by atoms with Crippen molar-refractivity contribution in [2.45, 2.75) is 25.5 Å². The summed E-state index contributed by atoms with van der Waals surface area (Å²) >= 11 is 0. The van der Waals surface area contributed by atoms with E-state index in [1.807, 2.05) is 6.92 Å². The molecule has 0 bridgehead atoms. The molecule has 2 rings (SSSR count). The summed E-state index contributed by atoms with van der Waals surface area (Å²) < 4.78 is 13.0. The van der Waals surface area contributed by atoms with Gasteiger partial charge in [-0.2, -0.15) is 0 Å². The number of β-amino-alcohol motifs (C(OH)–C–C–N with tert-alkyl or cyclic N) is 1. The summed E-state index contributed by atoms with van der Waals surface area (Å²) in [5.74, 6) is -0.268. The van der Waals surface area contributed by atoms with E-state index < -0.39 is 5.60 Å². The van der Waals surface area contributed by atoms with E-state index in [9.17, 15) is 9.50 Å². The Labute approximate surface area is 94.7 Å². The van der Waals surface area contributed by atoms with Crippen LogP contribution in [0.2, 0.25) is 0 Å². The fourth-order valence-electron chi connectivity index (χ4n) is 2.18. The number of halogens is 1. The lowest BCUT2D eigenvalue weighted by Gasteiger charge is -2.23. The number of nitrogens with zero attached hydrogens (tertiary/aromatic N) is 1. The minimum absolute atomic E-state index is 0.268. The molecule has 1 aromatic carbocycles. The molecule has 3 N–H and O–H groups in total. The molecule has 1 fully saturated rings. The largest absolute Gasteiger partial charge is 0.388 e. The van der Waals surface area contributed by atoms with Crippen LogP contribution in [0.3, 0.4) is 0 Å². The van der Waals surface area contributed by atoms with Crippen LogP contribution in [-0.4, -0.2) is 23.8 Å². The van der Waals surface area contributed by atoms with Crippen LogP contribution in [-0.2, 0) is 6.54 Å². The van der Waals surface area contributed by atoms with Crippen LogP contribution < -0.4 is 10.6 Å². The van der Waals surface area contributed by atoms with Gasteiger partial charge in [-0.15, -0.1) is 0 Å². The first-order chi connectivity index (χ1) is 7.52. The third-order valence-corrected chi connectivity index (χ3v) is 3.05. The molecule has 88 valence electrons. The third kappa shape index (κ3) is 2.18. The van der Waals surface area contributed by atoms with Crippen LogP contribution in [0.15, 0.2) is 18.2 Å². The molecule has 0 amide bonds. The van der Waals surface area contributed by atoms with Crippen molar-refractivity contribution in [3.05, 3.63) is 29.6 Å². The van der Waals surface area contributed by atoms with Gasteiger partial charge in [-0.25, -0.2) is 4.39 Å². The summed E-state index contributed by atoms with van der Waals surface area (Å²) in [4.78, 5) is 2.06. The summed E-state index contributed by atoms with van der Waals surface area (Å²) in [6, 6.07) is 4.63. The van der Waals surface area contributed by atoms with Gasteiger partial charge in [-0.1, -0.05) is 0 Å². The Bertz CT molecular complexity index is 393. The van der Waals surface area contributed by atoms with E-state index in [1.165, 1.54) is 12.1 Å². The number of rotatable bonds is 2. The lowest BCUT2D eigenvalue weighted by molar-refractivity contribution is 0.0839. The molecule has 3 nitrogen and oxygen atoms in total. The Balaban J connectivity index is 2.27. The highest BCUT2D eigenvalue weighted by molar-refractivity contribution is 5.55. The predicted molar refractivity (Wildman–Crippen MR) is 61.7 cm³/mol. The van der Waals surface area contributed by atoms with E-state index in [4.69, 9.17) is 5.73 Å². The van der Waals surface area contributed by atoms with Crippen molar-refractivity contribution >= 4 is 5.69 Å². The molecule has 0 aliphatic carbocycles. The average molecular weight is 224 g/mol. The summed E-state index contributed by atoms with van der Waals surface area (Å²) in [6.07, 6.45) is 0.731. The van der Waals surface area contributed by atoms with Gasteiger partial charge in [0.25, 0.3) is 0 Å². The maximum atomic E-state index is 13.0. The number of hydrogen-bond donors (Lipinski definition) is 2. The van der Waals surface area contributed by atoms with Gasteiger partial charge < -0.3 is 15.7 Å². The van der Waals surface area contributed by atoms with E-state index in [-0.39, 0.29) is 5.82 Å². The highest BCUT2D eigenvalue weighted by Gasteiger charge is 2.32. The number of aliphatic hydroxyl groups is 1. The quantitative estimate of drug-likeness (QED) is 0.794. The zero-order chi connectivity index (χ0) is 11.8. The zero-order valence-electron chi connectivity index (χ0n) is 9.41. The monoisotopic (exact) mass is 224 g/mol. The first-order valence-electron chi connectivity index (χ1n) is 5.48. The molecule has 16 heavy (non-hydrogen) atoms. The van der Waals surface area contributed by atoms with Crippen molar-refractivity contribution in [2.24, 2.45) is 5.73 Å². The summed E-state index contributed by atoms with van der Waals surface area (Å²) in [5.41, 5.74) is 6.67. The molecular formula is C12H17FN2O. The molecule has 1 aromatic rings. The SMILES string of the molecule is CC1(O)CCN(c2ccc(F)cc2CN)C1. The van der Waals surface area contributed by atoms with Crippen LogP contribution in [0, 0.1) is 5.82 Å². The molecule has 0 radical (unpaired) electrons. The number of anilines is 1. The van der Waals surface area contributed by atoms with Crippen molar-refractivity contribution in [1.82, 2.24) is 0 Å². The summed E-state index contributed by atoms with van der Waals surface area (Å²) in [6.45, 7) is 3.49. The Morgan fingerprint density at radius 3 is 2.88 bits per heavy atom. The summed E-state index contributed by atoms with van der Waals surface area (Å²) in [7, 11) is 0. The van der Waals surface area contributed by atoms with Crippen molar-refractivity contribution in [2.75, 3.05) is 18.0 Å². The Morgan fingerprint density at radius 1 is 1.56 bits per heavy atom. The van der Waals surface area contributed by atoms with Crippen LogP contribution in [0.4, 0.5) is 10.1 Å². The lowest BCUT2D eigenvalue weighted by atomic mass is 10.1. The van der Waals surface area contributed by atoms with Crippen molar-refractivity contribution < 1.29 is 9.50 Å². The van der Waals surface area contributed by atoms with Crippen LogP contribution in [0.5, 0.6) is 0 Å². The molecule has 0 aromatic heterocycles. The molecule has 1 aliphatic rings. The highest BCUT2D eigenvalue weighted by Crippen LogP contribution is 2.29. The number of nitrogens with two attached hydrogens (primary N) is 1. The second-order valence-corrected chi connectivity index (χ2v) is 4.65. The molecule has 0 saturated carbocycles. The third-order valence-electron chi connectivity index (χ3n) is 3.05. The van der Waals surface area contributed by atoms with Gasteiger partial charge in [0.05, 0.1) is 5.60 Å². The molecule has 1 aliphatic heterocycles. The minimum Gasteiger partial charge on any atom is -0.388 e. The molecule has 1 unspecified atom stereocenters. The molecule has 1 heterocycles. The van der Waals surface area contributed by atoms with Crippen molar-refractivity contribution in [1.29, 1.82) is 0 Å². The van der Waals surface area contributed by atoms with Gasteiger partial charge in [0.2, 0.25) is 0 Å². The van der Waals surface area contributed by atoms with E-state index in [1.54, 1.807) is 6.07 Å². The zero-order valence-corrected chi connectivity index (χ0v) is 9.41. The van der Waals surface area contributed by atoms with Crippen molar-refractivity contribution in [3.63, 3.8) is 0 Å². The average Bonchev–Trinajstić information content (AvgIpc) is 2.58. The van der Waals surface area contributed by atoms with Crippen LogP contribution in [0.25, 0.3) is 0 Å². The standard InChI is InChI=1S/C12H17FN2O/c1-12(16)4-5-15(8-12)11-3-2-10(13)6-9(11)7-14/h2-3,6,16H,4-5,7-8,14H2,1H3. The number of benzene rings is 1. The van der Waals surface area contributed by atoms with Gasteiger partial charge in [0.15, 0.2) is 0 Å². The highest BCUT2D eigenvalue weighted by atomic mass is 19.1. The van der Waals surface area contributed by atoms with Gasteiger partial charge in [0, 0.05) is 25.3 Å². The molecule has 4 heteroatoms. The molecule has 1 atom stereocenters. The molecule has 0 spiro atoms. The smallest absolute Gasteiger partial charge is 0.123 e. The Hall–Kier alpha value is -1.13. The fourth-order valence-corrected chi connectivity index (χ4v) is 2.18. The fraction of sp³-hybridized carbons (Fsp3) is 0.500. The second-order valence-electron chi connectivity index (χ2n) is 4.65. The first-order valence-corrected chi connectivity index (χ1v) is 5.48. The topological polar surface area (TPSA) is 49.5 Å². The van der Waals surface area contributed by atoms with E-state index in [0.29, 0.717) is 13.1 Å². The Kier molecular flexibility index (Phi) is 2.86. The molecular weight excluding hydrogens is 207 g/mol. The normalized spacial score (nSPS) is 25.1. The van der Waals surface area contributed by atoms with Crippen LogP contribution in [0.1, 0.15) is 18.9 Å². The van der Waals surface area contributed by atoms with Gasteiger partial charge in [-0.05, 0) is 37.1 Å². The number of hydrogen-bond acceptors (Lipinski definition) is 3. The Morgan fingerprint density at radius 2 is 2.31 bits per heavy atom. The van der Waals surface area contributed by atoms with Gasteiger partial charge in [0.1, 0.15) is 5.82 Å². The van der Waals surface area contributed by atoms with E-state index >= 15 is 0 Å². The van der Waals surface area contributed by atoms with Gasteiger partial charge >= 0.3 is 0 Å². The lowest BCUT2D eigenvalue weighted by Crippen LogP contribution is -2.30. The second kappa shape index (κ2) is 4.03. The van der Waals surface area contributed by atoms with E-state index in [0.717, 1.165) is 24.2 Å². The summed E-state index contributed by atoms with van der Waals surface area (Å²) in [5, 5.41) is 9.90. The maximum Gasteiger partial charge on any atom is 0.123 e. The van der Waals surface area contributed by atoms with Crippen LogP contribution >= 0.6 is 0 Å². The first kappa shape index (κ1) is 11.4.